The van der Waals surface area contributed by atoms with Gasteiger partial charge in [0, 0.05) is 11.8 Å². The number of H-pyrrole nitrogens is 1. The fourth-order valence-corrected chi connectivity index (χ4v) is 1.31. The van der Waals surface area contributed by atoms with Crippen LogP contribution in [0.5, 0.6) is 5.88 Å². The molecule has 0 saturated heterocycles. The van der Waals surface area contributed by atoms with Gasteiger partial charge < -0.3 is 14.8 Å². The van der Waals surface area contributed by atoms with Crippen LogP contribution < -0.4 is 10.2 Å². The predicted molar refractivity (Wildman–Crippen MR) is 50.1 cm³/mol. The third-order valence-electron chi connectivity index (χ3n) is 1.90. The molecule has 11 heteroatoms. The van der Waals surface area contributed by atoms with E-state index in [1.165, 1.54) is 4.98 Å². The fourth-order valence-electron chi connectivity index (χ4n) is 1.31. The zero-order valence-electron chi connectivity index (χ0n) is 9.22. The molecule has 0 spiro atoms. The van der Waals surface area contributed by atoms with Crippen LogP contribution in [0.1, 0.15) is 11.3 Å². The van der Waals surface area contributed by atoms with Gasteiger partial charge in [0.1, 0.15) is 0 Å². The Hall–Kier alpha value is -2.20. The Bertz CT molecular complexity index is 573. The minimum Gasteiger partial charge on any atom is -0.481 e. The van der Waals surface area contributed by atoms with Gasteiger partial charge in [-0.05, 0) is 0 Å². The van der Waals surface area contributed by atoms with Gasteiger partial charge in [-0.15, -0.1) is 13.2 Å². The molecule has 20 heavy (non-hydrogen) atoms. The van der Waals surface area contributed by atoms with Crippen molar-refractivity contribution in [2.75, 3.05) is 0 Å². The van der Waals surface area contributed by atoms with Crippen molar-refractivity contribution in [2.24, 2.45) is 0 Å². The smallest absolute Gasteiger partial charge is 0.481 e. The van der Waals surface area contributed by atoms with Crippen molar-refractivity contribution in [1.29, 1.82) is 0 Å². The number of hydrogen-bond donors (Lipinski definition) is 2. The second-order valence-corrected chi connectivity index (χ2v) is 3.48. The first-order valence-corrected chi connectivity index (χ1v) is 4.71. The molecule has 0 radical (unpaired) electrons. The van der Waals surface area contributed by atoms with Crippen LogP contribution in [0.25, 0.3) is 0 Å². The standard InChI is InChI=1S/C9H5F6NO4/c10-8(11,12)6-4(17)1-3(2-5(18)19)16-7(6)20-9(13,14)15/h1H,2H2,(H,16,17)(H,18,19). The van der Waals surface area contributed by atoms with E-state index in [0.29, 0.717) is 0 Å². The fraction of sp³-hybridized carbons (Fsp3) is 0.333. The molecule has 0 aliphatic rings. The molecule has 0 unspecified atom stereocenters. The molecule has 0 fully saturated rings. The summed E-state index contributed by atoms with van der Waals surface area (Å²) in [6.45, 7) is 0. The van der Waals surface area contributed by atoms with Gasteiger partial charge in [-0.2, -0.15) is 13.2 Å². The summed E-state index contributed by atoms with van der Waals surface area (Å²) in [6.07, 6.45) is -11.8. The summed E-state index contributed by atoms with van der Waals surface area (Å²) in [4.78, 5) is 23.1. The molecule has 0 aromatic carbocycles. The second kappa shape index (κ2) is 5.06. The summed E-state index contributed by atoms with van der Waals surface area (Å²) in [7, 11) is 0. The SMILES string of the molecule is O=C(O)Cc1cc(=O)c(C(F)(F)F)c(OC(F)(F)F)[nH]1. The lowest BCUT2D eigenvalue weighted by molar-refractivity contribution is -0.278. The average molecular weight is 305 g/mol. The van der Waals surface area contributed by atoms with Crippen LogP contribution in [0.2, 0.25) is 0 Å². The maximum absolute atomic E-state index is 12.5. The van der Waals surface area contributed by atoms with E-state index in [9.17, 15) is 35.9 Å². The first-order chi connectivity index (χ1) is 8.90. The van der Waals surface area contributed by atoms with Crippen LogP contribution >= 0.6 is 0 Å². The number of aromatic nitrogens is 1. The molecule has 0 saturated carbocycles. The van der Waals surface area contributed by atoms with Gasteiger partial charge in [0.15, 0.2) is 11.0 Å². The van der Waals surface area contributed by atoms with E-state index < -0.39 is 47.5 Å². The molecule has 0 aliphatic carbocycles. The molecule has 0 amide bonds. The van der Waals surface area contributed by atoms with Crippen LogP contribution in [0.15, 0.2) is 10.9 Å². The topological polar surface area (TPSA) is 79.4 Å². The minimum atomic E-state index is -5.48. The maximum atomic E-state index is 12.5. The number of carboxylic acid groups (broad SMARTS) is 1. The Kier molecular flexibility index (Phi) is 4.01. The van der Waals surface area contributed by atoms with Crippen molar-refractivity contribution in [2.45, 2.75) is 19.0 Å². The Morgan fingerprint density at radius 3 is 2.20 bits per heavy atom. The Morgan fingerprint density at radius 1 is 1.25 bits per heavy atom. The number of carboxylic acids is 1. The average Bonchev–Trinajstić information content (AvgIpc) is 2.08. The van der Waals surface area contributed by atoms with Crippen molar-refractivity contribution in [3.8, 4) is 5.88 Å². The molecule has 2 N–H and O–H groups in total. The summed E-state index contributed by atoms with van der Waals surface area (Å²) in [5.74, 6) is -3.45. The van der Waals surface area contributed by atoms with E-state index in [1.54, 1.807) is 0 Å². The Balaban J connectivity index is 3.44. The lowest BCUT2D eigenvalue weighted by Gasteiger charge is -2.15. The third-order valence-corrected chi connectivity index (χ3v) is 1.90. The molecule has 1 rings (SSSR count). The molecule has 1 heterocycles. The summed E-state index contributed by atoms with van der Waals surface area (Å²) in [6, 6.07) is 0.250. The van der Waals surface area contributed by atoms with Crippen molar-refractivity contribution in [3.05, 3.63) is 27.5 Å². The molecular weight excluding hydrogens is 300 g/mol. The summed E-state index contributed by atoms with van der Waals surface area (Å²) in [5, 5.41) is 8.40. The third kappa shape index (κ3) is 4.17. The van der Waals surface area contributed by atoms with Gasteiger partial charge in [0.05, 0.1) is 6.42 Å². The number of pyridine rings is 1. The number of hydrogen-bond acceptors (Lipinski definition) is 3. The van der Waals surface area contributed by atoms with Gasteiger partial charge in [0.25, 0.3) is 0 Å². The van der Waals surface area contributed by atoms with Crippen LogP contribution in [0, 0.1) is 0 Å². The highest BCUT2D eigenvalue weighted by Gasteiger charge is 2.42. The van der Waals surface area contributed by atoms with E-state index in [1.807, 2.05) is 0 Å². The normalized spacial score (nSPS) is 12.3. The van der Waals surface area contributed by atoms with Crippen LogP contribution in [-0.4, -0.2) is 22.4 Å². The lowest BCUT2D eigenvalue weighted by Crippen LogP contribution is -2.27. The summed E-state index contributed by atoms with van der Waals surface area (Å²) in [5.41, 5.74) is -4.68. The quantitative estimate of drug-likeness (QED) is 0.836. The number of nitrogens with one attached hydrogen (secondary N) is 1. The largest absolute Gasteiger partial charge is 0.574 e. The first-order valence-electron chi connectivity index (χ1n) is 4.71. The molecule has 0 bridgehead atoms. The second-order valence-electron chi connectivity index (χ2n) is 3.48. The predicted octanol–water partition coefficient (Wildman–Crippen LogP) is 1.92. The van der Waals surface area contributed by atoms with Gasteiger partial charge in [0.2, 0.25) is 5.88 Å². The van der Waals surface area contributed by atoms with Crippen LogP contribution in [0.4, 0.5) is 26.3 Å². The van der Waals surface area contributed by atoms with Crippen molar-refractivity contribution < 1.29 is 41.0 Å². The molecular formula is C9H5F6NO4. The van der Waals surface area contributed by atoms with Gasteiger partial charge >= 0.3 is 18.5 Å². The number of halogens is 6. The van der Waals surface area contributed by atoms with Gasteiger partial charge in [-0.3, -0.25) is 9.59 Å². The van der Waals surface area contributed by atoms with Crippen LogP contribution in [-0.2, 0) is 17.4 Å². The number of alkyl halides is 6. The number of aromatic amines is 1. The number of ether oxygens (including phenoxy) is 1. The zero-order chi connectivity index (χ0) is 15.7. The number of aliphatic carboxylic acids is 1. The molecule has 1 aromatic heterocycles. The molecule has 5 nitrogen and oxygen atoms in total. The summed E-state index contributed by atoms with van der Waals surface area (Å²) >= 11 is 0. The maximum Gasteiger partial charge on any atom is 0.574 e. The minimum absolute atomic E-state index is 0.250. The van der Waals surface area contributed by atoms with Crippen LogP contribution in [0.3, 0.4) is 0 Å². The number of rotatable bonds is 3. The van der Waals surface area contributed by atoms with Crippen molar-refractivity contribution >= 4 is 5.97 Å². The van der Waals surface area contributed by atoms with Crippen molar-refractivity contribution in [3.63, 3.8) is 0 Å². The van der Waals surface area contributed by atoms with Gasteiger partial charge in [-0.25, -0.2) is 0 Å². The molecule has 112 valence electrons. The molecule has 0 aliphatic heterocycles. The molecule has 1 aromatic rings. The van der Waals surface area contributed by atoms with E-state index >= 15 is 0 Å². The highest BCUT2D eigenvalue weighted by atomic mass is 19.4. The monoisotopic (exact) mass is 305 g/mol. The van der Waals surface area contributed by atoms with Crippen molar-refractivity contribution in [1.82, 2.24) is 4.98 Å². The summed E-state index contributed by atoms with van der Waals surface area (Å²) < 4.78 is 76.6. The van der Waals surface area contributed by atoms with E-state index in [2.05, 4.69) is 4.74 Å². The zero-order valence-corrected chi connectivity index (χ0v) is 9.22. The Labute approximate surface area is 105 Å². The van der Waals surface area contributed by atoms with Gasteiger partial charge in [-0.1, -0.05) is 0 Å². The molecule has 0 atom stereocenters. The lowest BCUT2D eigenvalue weighted by atomic mass is 10.2. The first kappa shape index (κ1) is 15.9. The highest BCUT2D eigenvalue weighted by molar-refractivity contribution is 5.69. The number of carbonyl (C=O) groups is 1. The Morgan fingerprint density at radius 2 is 1.80 bits per heavy atom. The van der Waals surface area contributed by atoms with E-state index in [-0.39, 0.29) is 6.07 Å². The van der Waals surface area contributed by atoms with E-state index in [4.69, 9.17) is 5.11 Å². The van der Waals surface area contributed by atoms with E-state index in [0.717, 1.165) is 0 Å². The highest BCUT2D eigenvalue weighted by Crippen LogP contribution is 2.34.